The summed E-state index contributed by atoms with van der Waals surface area (Å²) < 4.78 is 2.23. The lowest BCUT2D eigenvalue weighted by Gasteiger charge is -2.39. The van der Waals surface area contributed by atoms with E-state index in [0.29, 0.717) is 18.2 Å². The van der Waals surface area contributed by atoms with Gasteiger partial charge in [0, 0.05) is 37.4 Å². The topological polar surface area (TPSA) is 51.0 Å². The molecule has 0 radical (unpaired) electrons. The maximum Gasteiger partial charge on any atom is 0.274 e. The van der Waals surface area contributed by atoms with Gasteiger partial charge in [0.2, 0.25) is 0 Å². The highest BCUT2D eigenvalue weighted by atomic mass is 16.2. The average molecular weight is 270 g/mol. The van der Waals surface area contributed by atoms with Crippen molar-refractivity contribution in [2.75, 3.05) is 6.54 Å². The number of carbonyl (C=O) groups is 1. The quantitative estimate of drug-likeness (QED) is 0.840. The molecule has 0 unspecified atom stereocenters. The van der Waals surface area contributed by atoms with Crippen LogP contribution in [0.25, 0.3) is 0 Å². The van der Waals surface area contributed by atoms with Gasteiger partial charge >= 0.3 is 0 Å². The number of fused-ring (bicyclic) bond motifs is 1. The minimum Gasteiger partial charge on any atom is -0.348 e. The van der Waals surface area contributed by atoms with Gasteiger partial charge in [0.15, 0.2) is 0 Å². The summed E-state index contributed by atoms with van der Waals surface area (Å²) in [6.45, 7) is 5.83. The normalized spacial score (nSPS) is 18.1. The number of amides is 1. The number of hydrogen-bond donors (Lipinski definition) is 0. The maximum absolute atomic E-state index is 12.7. The number of aromatic nitrogens is 3. The molecule has 3 rings (SSSR count). The van der Waals surface area contributed by atoms with Crippen molar-refractivity contribution in [3.05, 3.63) is 48.3 Å². The van der Waals surface area contributed by atoms with Crippen LogP contribution in [0.15, 0.2) is 36.9 Å². The van der Waals surface area contributed by atoms with E-state index in [9.17, 15) is 4.79 Å². The second-order valence-electron chi connectivity index (χ2n) is 5.40. The molecule has 0 bridgehead atoms. The van der Waals surface area contributed by atoms with Crippen LogP contribution in [0, 0.1) is 5.92 Å². The Balaban J connectivity index is 1.96. The average Bonchev–Trinajstić information content (AvgIpc) is 2.94. The fraction of sp³-hybridized carbons (Fsp3) is 0.400. The Kier molecular flexibility index (Phi) is 3.26. The van der Waals surface area contributed by atoms with Gasteiger partial charge in [0.1, 0.15) is 5.69 Å². The summed E-state index contributed by atoms with van der Waals surface area (Å²) in [4.78, 5) is 22.7. The van der Waals surface area contributed by atoms with Gasteiger partial charge in [-0.05, 0) is 18.1 Å². The molecule has 1 aliphatic rings. The Morgan fingerprint density at radius 2 is 2.20 bits per heavy atom. The molecule has 2 aromatic rings. The van der Waals surface area contributed by atoms with Crippen LogP contribution in [-0.4, -0.2) is 31.9 Å². The van der Waals surface area contributed by atoms with Gasteiger partial charge in [-0.15, -0.1) is 0 Å². The molecule has 5 nitrogen and oxygen atoms in total. The molecule has 20 heavy (non-hydrogen) atoms. The summed E-state index contributed by atoms with van der Waals surface area (Å²) in [5.41, 5.74) is 1.61. The zero-order valence-corrected chi connectivity index (χ0v) is 11.7. The fourth-order valence-corrected chi connectivity index (χ4v) is 2.90. The molecule has 0 N–H and O–H groups in total. The highest BCUT2D eigenvalue weighted by molar-refractivity contribution is 5.92. The van der Waals surface area contributed by atoms with Crippen LogP contribution in [0.4, 0.5) is 0 Å². The first-order valence-corrected chi connectivity index (χ1v) is 6.90. The lowest BCUT2D eigenvalue weighted by molar-refractivity contribution is 0.0550. The predicted octanol–water partition coefficient (Wildman–Crippen LogP) is 2.13. The van der Waals surface area contributed by atoms with Gasteiger partial charge in [0.05, 0.1) is 12.2 Å². The molecule has 0 spiro atoms. The van der Waals surface area contributed by atoms with Gasteiger partial charge in [-0.25, -0.2) is 4.98 Å². The van der Waals surface area contributed by atoms with E-state index >= 15 is 0 Å². The predicted molar refractivity (Wildman–Crippen MR) is 75.1 cm³/mol. The van der Waals surface area contributed by atoms with Crippen molar-refractivity contribution >= 4 is 5.91 Å². The van der Waals surface area contributed by atoms with Crippen molar-refractivity contribution in [3.8, 4) is 0 Å². The number of hydrogen-bond acceptors (Lipinski definition) is 3. The summed E-state index contributed by atoms with van der Waals surface area (Å²) in [5.74, 6) is 0.314. The summed E-state index contributed by atoms with van der Waals surface area (Å²) in [5, 5.41) is 0. The van der Waals surface area contributed by atoms with Crippen LogP contribution in [0.1, 0.15) is 36.1 Å². The third-order valence-electron chi connectivity index (χ3n) is 3.76. The third-order valence-corrected chi connectivity index (χ3v) is 3.76. The van der Waals surface area contributed by atoms with Gasteiger partial charge < -0.3 is 9.47 Å². The van der Waals surface area contributed by atoms with Crippen molar-refractivity contribution in [2.45, 2.75) is 26.4 Å². The largest absolute Gasteiger partial charge is 0.348 e. The summed E-state index contributed by atoms with van der Waals surface area (Å²) in [7, 11) is 0. The lowest BCUT2D eigenvalue weighted by Crippen LogP contribution is -2.44. The Morgan fingerprint density at radius 3 is 2.90 bits per heavy atom. The highest BCUT2D eigenvalue weighted by Gasteiger charge is 2.33. The van der Waals surface area contributed by atoms with E-state index in [-0.39, 0.29) is 11.9 Å². The molecule has 5 heteroatoms. The van der Waals surface area contributed by atoms with Gasteiger partial charge in [-0.3, -0.25) is 9.78 Å². The van der Waals surface area contributed by atoms with E-state index in [1.165, 1.54) is 11.9 Å². The summed E-state index contributed by atoms with van der Waals surface area (Å²) in [6, 6.07) is 4.23. The number of nitrogens with zero attached hydrogens (tertiary/aromatic N) is 4. The molecule has 0 aromatic carbocycles. The van der Waals surface area contributed by atoms with Gasteiger partial charge in [-0.2, -0.15) is 0 Å². The van der Waals surface area contributed by atoms with Crippen LogP contribution >= 0.6 is 0 Å². The van der Waals surface area contributed by atoms with Crippen LogP contribution in [-0.2, 0) is 6.54 Å². The number of carbonyl (C=O) groups excluding carboxylic acids is 1. The lowest BCUT2D eigenvalue weighted by atomic mass is 9.97. The van der Waals surface area contributed by atoms with E-state index in [1.807, 2.05) is 11.0 Å². The Bertz CT molecular complexity index is 605. The second-order valence-corrected chi connectivity index (χ2v) is 5.40. The minimum absolute atomic E-state index is 0.0377. The summed E-state index contributed by atoms with van der Waals surface area (Å²) in [6.07, 6.45) is 6.75. The van der Waals surface area contributed by atoms with Gasteiger partial charge in [0.25, 0.3) is 5.91 Å². The smallest absolute Gasteiger partial charge is 0.274 e. The highest BCUT2D eigenvalue weighted by Crippen LogP contribution is 2.33. The van der Waals surface area contributed by atoms with Crippen molar-refractivity contribution < 1.29 is 4.79 Å². The van der Waals surface area contributed by atoms with Crippen molar-refractivity contribution in [1.82, 2.24) is 19.4 Å². The first-order chi connectivity index (χ1) is 9.68. The second kappa shape index (κ2) is 5.07. The van der Waals surface area contributed by atoms with Crippen LogP contribution in [0.2, 0.25) is 0 Å². The Morgan fingerprint density at radius 1 is 1.35 bits per heavy atom. The van der Waals surface area contributed by atoms with Crippen molar-refractivity contribution in [2.24, 2.45) is 5.92 Å². The van der Waals surface area contributed by atoms with Crippen LogP contribution in [0.3, 0.4) is 0 Å². The Labute approximate surface area is 118 Å². The van der Waals surface area contributed by atoms with Crippen molar-refractivity contribution in [3.63, 3.8) is 0 Å². The molecule has 0 saturated carbocycles. The molecule has 0 saturated heterocycles. The minimum atomic E-state index is -0.0377. The molecule has 2 aromatic heterocycles. The molecule has 0 fully saturated rings. The third kappa shape index (κ3) is 2.09. The molecule has 104 valence electrons. The van der Waals surface area contributed by atoms with E-state index in [2.05, 4.69) is 40.6 Å². The van der Waals surface area contributed by atoms with Crippen LogP contribution < -0.4 is 0 Å². The molecular weight excluding hydrogens is 252 g/mol. The zero-order chi connectivity index (χ0) is 14.1. The molecule has 1 atom stereocenters. The Hall–Kier alpha value is -2.17. The number of rotatable bonds is 2. The first-order valence-electron chi connectivity index (χ1n) is 6.90. The molecule has 1 amide bonds. The molecule has 1 aliphatic heterocycles. The van der Waals surface area contributed by atoms with Crippen molar-refractivity contribution in [1.29, 1.82) is 0 Å². The molecule has 3 heterocycles. The summed E-state index contributed by atoms with van der Waals surface area (Å²) >= 11 is 0. The van der Waals surface area contributed by atoms with E-state index < -0.39 is 0 Å². The van der Waals surface area contributed by atoms with Gasteiger partial charge in [-0.1, -0.05) is 13.8 Å². The zero-order valence-electron chi connectivity index (χ0n) is 11.7. The first kappa shape index (κ1) is 12.8. The molecule has 0 aliphatic carbocycles. The fourth-order valence-electron chi connectivity index (χ4n) is 2.90. The van der Waals surface area contributed by atoms with E-state index in [0.717, 1.165) is 6.54 Å². The SMILES string of the molecule is CC(C)[C@@H]1c2cccn2CCN1C(=O)c1cnccn1. The molecular formula is C15H18N4O. The maximum atomic E-state index is 12.7. The standard InChI is InChI=1S/C15H18N4O/c1-11(2)14-13-4-3-7-18(13)8-9-19(14)15(20)12-10-16-5-6-17-12/h3-7,10-11,14H,8-9H2,1-2H3/t14-/m1/s1. The monoisotopic (exact) mass is 270 g/mol. The van der Waals surface area contributed by atoms with E-state index in [1.54, 1.807) is 12.4 Å². The van der Waals surface area contributed by atoms with E-state index in [4.69, 9.17) is 0 Å². The van der Waals surface area contributed by atoms with Crippen LogP contribution in [0.5, 0.6) is 0 Å².